The Balaban J connectivity index is 1.39. The molecule has 4 rings (SSSR count). The van der Waals surface area contributed by atoms with Crippen LogP contribution in [0, 0.1) is 23.1 Å². The number of nitrogens with zero attached hydrogens (tertiary/aromatic N) is 3. The fraction of sp³-hybridized carbons (Fsp3) is 0.452. The number of hydrogen-bond acceptors (Lipinski definition) is 8. The van der Waals surface area contributed by atoms with Crippen LogP contribution >= 0.6 is 0 Å². The number of likely N-dealkylation sites (tertiary alicyclic amines) is 1. The molecule has 2 atom stereocenters. The van der Waals surface area contributed by atoms with Crippen molar-refractivity contribution in [2.75, 3.05) is 37.6 Å². The van der Waals surface area contributed by atoms with Crippen molar-refractivity contribution in [2.24, 2.45) is 5.92 Å². The Kier molecular flexibility index (Phi) is 10.9. The van der Waals surface area contributed by atoms with Crippen LogP contribution in [0.3, 0.4) is 0 Å². The zero-order valence-electron chi connectivity index (χ0n) is 24.1. The van der Waals surface area contributed by atoms with E-state index in [-0.39, 0.29) is 24.6 Å². The molecule has 0 radical (unpaired) electrons. The van der Waals surface area contributed by atoms with Crippen LogP contribution in [0.15, 0.2) is 48.5 Å². The van der Waals surface area contributed by atoms with E-state index in [0.29, 0.717) is 44.7 Å². The molecule has 43 heavy (non-hydrogen) atoms. The highest BCUT2D eigenvalue weighted by molar-refractivity contribution is 5.95. The fourth-order valence-corrected chi connectivity index (χ4v) is 5.34. The highest BCUT2D eigenvalue weighted by Crippen LogP contribution is 2.26. The van der Waals surface area contributed by atoms with Crippen LogP contribution in [0.1, 0.15) is 43.7 Å². The van der Waals surface area contributed by atoms with Crippen LogP contribution in [-0.4, -0.2) is 73.6 Å². The van der Waals surface area contributed by atoms with Crippen LogP contribution in [0.5, 0.6) is 0 Å². The maximum Gasteiger partial charge on any atom is 0.408 e. The molecule has 2 heterocycles. The summed E-state index contributed by atoms with van der Waals surface area (Å²) in [6.07, 6.45) is 0.410. The quantitative estimate of drug-likeness (QED) is 0.401. The first-order valence-electron chi connectivity index (χ1n) is 14.4. The molecule has 2 N–H and O–H groups in total. The Morgan fingerprint density at radius 2 is 1.74 bits per heavy atom. The van der Waals surface area contributed by atoms with Gasteiger partial charge < -0.3 is 29.9 Å². The van der Waals surface area contributed by atoms with Crippen molar-refractivity contribution in [3.63, 3.8) is 0 Å². The van der Waals surface area contributed by atoms with Gasteiger partial charge in [0.05, 0.1) is 11.3 Å². The summed E-state index contributed by atoms with van der Waals surface area (Å²) < 4.78 is 24.2. The summed E-state index contributed by atoms with van der Waals surface area (Å²) in [6.45, 7) is 3.45. The molecule has 2 saturated heterocycles. The van der Waals surface area contributed by atoms with E-state index in [1.807, 2.05) is 17.0 Å². The van der Waals surface area contributed by atoms with Crippen LogP contribution in [0.2, 0.25) is 0 Å². The highest BCUT2D eigenvalue weighted by atomic mass is 19.1. The molecule has 2 fully saturated rings. The number of rotatable bonds is 10. The maximum atomic E-state index is 13.6. The van der Waals surface area contributed by atoms with Crippen LogP contribution in [0.25, 0.3) is 0 Å². The summed E-state index contributed by atoms with van der Waals surface area (Å²) in [7, 11) is 0. The second-order valence-electron chi connectivity index (χ2n) is 10.7. The van der Waals surface area contributed by atoms with Crippen molar-refractivity contribution in [2.45, 2.75) is 51.4 Å². The van der Waals surface area contributed by atoms with E-state index in [1.54, 1.807) is 30.3 Å². The van der Waals surface area contributed by atoms with E-state index in [1.165, 1.54) is 17.0 Å². The number of carbonyl (C=O) groups is 4. The molecular weight excluding hydrogens is 557 g/mol. The second kappa shape index (κ2) is 15.0. The van der Waals surface area contributed by atoms with Crippen LogP contribution < -0.4 is 15.5 Å². The van der Waals surface area contributed by atoms with Crippen molar-refractivity contribution >= 4 is 29.6 Å². The Hall–Kier alpha value is -4.66. The van der Waals surface area contributed by atoms with Crippen LogP contribution in [0.4, 0.5) is 14.9 Å². The summed E-state index contributed by atoms with van der Waals surface area (Å²) in [4.78, 5) is 55.2. The topological polar surface area (TPSA) is 141 Å². The van der Waals surface area contributed by atoms with Gasteiger partial charge in [-0.1, -0.05) is 30.3 Å². The first kappa shape index (κ1) is 31.3. The number of hydrogen-bond donors (Lipinski definition) is 2. The minimum atomic E-state index is -1.60. The number of benzene rings is 2. The van der Waals surface area contributed by atoms with Gasteiger partial charge in [0.1, 0.15) is 18.5 Å². The van der Waals surface area contributed by atoms with E-state index in [2.05, 4.69) is 10.6 Å². The number of amides is 3. The Morgan fingerprint density at radius 1 is 1.05 bits per heavy atom. The maximum absolute atomic E-state index is 13.6. The summed E-state index contributed by atoms with van der Waals surface area (Å²) in [5.41, 5.74) is 1.66. The van der Waals surface area contributed by atoms with Gasteiger partial charge in [-0.15, -0.1) is 0 Å². The van der Waals surface area contributed by atoms with Crippen molar-refractivity contribution in [3.8, 4) is 6.07 Å². The monoisotopic (exact) mass is 593 g/mol. The lowest BCUT2D eigenvalue weighted by Crippen LogP contribution is -2.59. The number of anilines is 1. The summed E-state index contributed by atoms with van der Waals surface area (Å²) in [5.74, 6) is -2.42. The minimum absolute atomic E-state index is 0.0474. The lowest BCUT2D eigenvalue weighted by molar-refractivity contribution is -0.159. The number of nitrogens with one attached hydrogen (secondary N) is 2. The van der Waals surface area contributed by atoms with Crippen LogP contribution in [-0.2, 0) is 30.5 Å². The number of nitriles is 1. The number of piperidine rings is 1. The molecule has 2 aromatic rings. The van der Waals surface area contributed by atoms with Crippen molar-refractivity contribution in [3.05, 3.63) is 65.5 Å². The average molecular weight is 594 g/mol. The highest BCUT2D eigenvalue weighted by Gasteiger charge is 2.41. The number of carbonyl (C=O) groups excluding carboxylic acids is 4. The molecule has 11 nitrogen and oxygen atoms in total. The predicted octanol–water partition coefficient (Wildman–Crippen LogP) is 2.88. The molecule has 0 bridgehead atoms. The van der Waals surface area contributed by atoms with E-state index < -0.39 is 41.8 Å². The molecule has 2 aliphatic heterocycles. The van der Waals surface area contributed by atoms with Gasteiger partial charge in [-0.05, 0) is 55.4 Å². The smallest absolute Gasteiger partial charge is 0.408 e. The lowest BCUT2D eigenvalue weighted by Gasteiger charge is -2.34. The van der Waals surface area contributed by atoms with Gasteiger partial charge in [-0.2, -0.15) is 5.26 Å². The first-order valence-corrected chi connectivity index (χ1v) is 14.4. The third-order valence-electron chi connectivity index (χ3n) is 7.62. The first-order chi connectivity index (χ1) is 20.7. The standard InChI is InChI=1S/C31H36FN5O6/c1-21(38)43-28(27(30(40)37-13-5-6-14-37)35-31(41)42-20-23-7-3-2-4-8-23)29(39)34-19-22-11-15-36(16-12-22)26-10-9-25(32)17-24(26)18-33/h2-4,7-10,17,22,27-28H,5-6,11-16,19-20H2,1H3,(H,34,39)(H,35,41)/t27-,28-/m1/s1. The molecule has 0 aliphatic carbocycles. The summed E-state index contributed by atoms with van der Waals surface area (Å²) >= 11 is 0. The van der Waals surface area contributed by atoms with Crippen molar-refractivity contribution in [1.29, 1.82) is 5.26 Å². The Morgan fingerprint density at radius 3 is 2.40 bits per heavy atom. The Labute approximate surface area is 249 Å². The number of esters is 1. The van der Waals surface area contributed by atoms with Gasteiger partial charge in [0.2, 0.25) is 12.0 Å². The zero-order chi connectivity index (χ0) is 30.8. The van der Waals surface area contributed by atoms with Gasteiger partial charge in [-0.25, -0.2) is 9.18 Å². The molecule has 2 aromatic carbocycles. The fourth-order valence-electron chi connectivity index (χ4n) is 5.34. The van der Waals surface area contributed by atoms with E-state index >= 15 is 0 Å². The van der Waals surface area contributed by atoms with E-state index in [4.69, 9.17) is 9.47 Å². The molecule has 0 spiro atoms. The minimum Gasteiger partial charge on any atom is -0.450 e. The van der Waals surface area contributed by atoms with Crippen molar-refractivity contribution < 1.29 is 33.0 Å². The zero-order valence-corrected chi connectivity index (χ0v) is 24.1. The van der Waals surface area contributed by atoms with Gasteiger partial charge in [-0.3, -0.25) is 14.4 Å². The molecule has 12 heteroatoms. The third kappa shape index (κ3) is 8.67. The number of ether oxygens (including phenoxy) is 2. The number of halogens is 1. The summed E-state index contributed by atoms with van der Waals surface area (Å²) in [5, 5.41) is 14.7. The average Bonchev–Trinajstić information content (AvgIpc) is 3.56. The molecule has 2 aliphatic rings. The summed E-state index contributed by atoms with van der Waals surface area (Å²) in [6, 6.07) is 13.7. The molecular formula is C31H36FN5O6. The van der Waals surface area contributed by atoms with E-state index in [0.717, 1.165) is 25.3 Å². The second-order valence-corrected chi connectivity index (χ2v) is 10.7. The Bertz CT molecular complexity index is 1340. The molecule has 0 saturated carbocycles. The van der Waals surface area contributed by atoms with Gasteiger partial charge in [0.25, 0.3) is 5.91 Å². The normalized spacial score (nSPS) is 16.5. The van der Waals surface area contributed by atoms with Gasteiger partial charge in [0.15, 0.2) is 6.04 Å². The largest absolute Gasteiger partial charge is 0.450 e. The molecule has 0 unspecified atom stereocenters. The number of alkyl carbamates (subject to hydrolysis) is 1. The molecule has 0 aromatic heterocycles. The molecule has 228 valence electrons. The van der Waals surface area contributed by atoms with Crippen molar-refractivity contribution in [1.82, 2.24) is 15.5 Å². The van der Waals surface area contributed by atoms with E-state index in [9.17, 15) is 28.8 Å². The SMILES string of the molecule is CC(=O)O[C@@H](C(=O)NCC1CCN(c2ccc(F)cc2C#N)CC1)[C@@H](NC(=O)OCc1ccccc1)C(=O)N1CCCC1. The molecule has 3 amide bonds. The van der Waals surface area contributed by atoms with Gasteiger partial charge >= 0.3 is 12.1 Å². The third-order valence-corrected chi connectivity index (χ3v) is 7.62. The lowest BCUT2D eigenvalue weighted by atomic mass is 9.95. The van der Waals surface area contributed by atoms with Gasteiger partial charge in [0, 0.05) is 39.6 Å². The predicted molar refractivity (Wildman–Crippen MR) is 154 cm³/mol.